The lowest BCUT2D eigenvalue weighted by Gasteiger charge is -2.57. The first kappa shape index (κ1) is 16.5. The SMILES string of the molecule is C[C@]12CCC(O)CC1=CC[C@@H]1[C@@H]2CC[C@]2(C)C(C(=O)CO)=CC[C@@H]12. The number of Topliss-reactive ketones (excluding diaryl/α,β-unsaturated/α-hetero) is 1. The van der Waals surface area contributed by atoms with Crippen molar-refractivity contribution in [2.45, 2.75) is 64.9 Å². The topological polar surface area (TPSA) is 57.5 Å². The Kier molecular flexibility index (Phi) is 3.81. The van der Waals surface area contributed by atoms with Crippen LogP contribution in [0.3, 0.4) is 0 Å². The van der Waals surface area contributed by atoms with Gasteiger partial charge in [0.2, 0.25) is 0 Å². The summed E-state index contributed by atoms with van der Waals surface area (Å²) < 4.78 is 0. The summed E-state index contributed by atoms with van der Waals surface area (Å²) in [5, 5.41) is 19.4. The second-order valence-corrected chi connectivity index (χ2v) is 9.05. The molecule has 2 fully saturated rings. The van der Waals surface area contributed by atoms with Crippen LogP contribution >= 0.6 is 0 Å². The molecule has 0 aromatic rings. The monoisotopic (exact) mass is 330 g/mol. The Morgan fingerprint density at radius 2 is 1.88 bits per heavy atom. The van der Waals surface area contributed by atoms with Crippen LogP contribution < -0.4 is 0 Å². The van der Waals surface area contributed by atoms with Crippen molar-refractivity contribution >= 4 is 5.78 Å². The van der Waals surface area contributed by atoms with Gasteiger partial charge in [-0.1, -0.05) is 31.6 Å². The number of carbonyl (C=O) groups is 1. The zero-order chi connectivity index (χ0) is 17.1. The van der Waals surface area contributed by atoms with Gasteiger partial charge in [0.1, 0.15) is 6.61 Å². The third kappa shape index (κ3) is 2.13. The molecule has 0 radical (unpaired) electrons. The molecule has 2 N–H and O–H groups in total. The second kappa shape index (κ2) is 5.54. The molecule has 0 spiro atoms. The fraction of sp³-hybridized carbons (Fsp3) is 0.762. The summed E-state index contributed by atoms with van der Waals surface area (Å²) >= 11 is 0. The smallest absolute Gasteiger partial charge is 0.184 e. The first-order chi connectivity index (χ1) is 11.4. The van der Waals surface area contributed by atoms with Crippen LogP contribution in [0.1, 0.15) is 58.8 Å². The van der Waals surface area contributed by atoms with Gasteiger partial charge in [0, 0.05) is 0 Å². The lowest BCUT2D eigenvalue weighted by atomic mass is 9.47. The van der Waals surface area contributed by atoms with E-state index in [1.54, 1.807) is 0 Å². The molecule has 0 amide bonds. The van der Waals surface area contributed by atoms with E-state index < -0.39 is 0 Å². The van der Waals surface area contributed by atoms with E-state index in [2.05, 4.69) is 26.0 Å². The lowest BCUT2D eigenvalue weighted by molar-refractivity contribution is -0.120. The van der Waals surface area contributed by atoms with E-state index >= 15 is 0 Å². The zero-order valence-electron chi connectivity index (χ0n) is 14.9. The largest absolute Gasteiger partial charge is 0.393 e. The molecule has 0 heterocycles. The highest BCUT2D eigenvalue weighted by atomic mass is 16.3. The Bertz CT molecular complexity index is 619. The summed E-state index contributed by atoms with van der Waals surface area (Å²) in [7, 11) is 0. The van der Waals surface area contributed by atoms with Crippen molar-refractivity contribution in [1.29, 1.82) is 0 Å². The van der Waals surface area contributed by atoms with Gasteiger partial charge < -0.3 is 10.2 Å². The molecule has 132 valence electrons. The van der Waals surface area contributed by atoms with Crippen LogP contribution in [-0.4, -0.2) is 28.7 Å². The quantitative estimate of drug-likeness (QED) is 0.763. The van der Waals surface area contributed by atoms with Crippen LogP contribution in [0.5, 0.6) is 0 Å². The highest BCUT2D eigenvalue weighted by Gasteiger charge is 2.57. The van der Waals surface area contributed by atoms with Gasteiger partial charge in [-0.3, -0.25) is 4.79 Å². The molecule has 24 heavy (non-hydrogen) atoms. The minimum absolute atomic E-state index is 0.0448. The predicted octanol–water partition coefficient (Wildman–Crippen LogP) is 3.41. The van der Waals surface area contributed by atoms with Crippen molar-refractivity contribution in [2.24, 2.45) is 28.6 Å². The molecule has 3 heteroatoms. The Labute approximate surface area is 144 Å². The molecule has 1 unspecified atom stereocenters. The van der Waals surface area contributed by atoms with Gasteiger partial charge in [-0.2, -0.15) is 0 Å². The molecule has 0 aromatic carbocycles. The van der Waals surface area contributed by atoms with Crippen LogP contribution in [0, 0.1) is 28.6 Å². The normalized spacial score (nSPS) is 47.2. The summed E-state index contributed by atoms with van der Waals surface area (Å²) in [6.07, 6.45) is 11.6. The average molecular weight is 330 g/mol. The molecule has 0 aliphatic heterocycles. The van der Waals surface area contributed by atoms with Gasteiger partial charge in [0.15, 0.2) is 5.78 Å². The van der Waals surface area contributed by atoms with Crippen molar-refractivity contribution in [2.75, 3.05) is 6.61 Å². The molecular formula is C21H30O3. The van der Waals surface area contributed by atoms with Crippen molar-refractivity contribution in [3.8, 4) is 0 Å². The molecule has 0 saturated heterocycles. The van der Waals surface area contributed by atoms with E-state index in [1.165, 1.54) is 5.57 Å². The van der Waals surface area contributed by atoms with Crippen molar-refractivity contribution in [1.82, 2.24) is 0 Å². The number of fused-ring (bicyclic) bond motifs is 5. The minimum Gasteiger partial charge on any atom is -0.393 e. The maximum Gasteiger partial charge on any atom is 0.184 e. The maximum absolute atomic E-state index is 12.2. The third-order valence-corrected chi connectivity index (χ3v) is 8.10. The number of carbonyl (C=O) groups excluding carboxylic acids is 1. The Morgan fingerprint density at radius 1 is 1.12 bits per heavy atom. The fourth-order valence-electron chi connectivity index (χ4n) is 6.73. The Hall–Kier alpha value is -0.930. The van der Waals surface area contributed by atoms with Crippen LogP contribution in [0.2, 0.25) is 0 Å². The van der Waals surface area contributed by atoms with E-state index in [1.807, 2.05) is 0 Å². The van der Waals surface area contributed by atoms with Crippen molar-refractivity contribution < 1.29 is 15.0 Å². The van der Waals surface area contributed by atoms with E-state index in [0.717, 1.165) is 50.5 Å². The number of aliphatic hydroxyl groups is 2. The molecule has 4 rings (SSSR count). The van der Waals surface area contributed by atoms with E-state index in [4.69, 9.17) is 0 Å². The van der Waals surface area contributed by atoms with Gasteiger partial charge in [0.05, 0.1) is 6.10 Å². The number of ketones is 1. The molecule has 4 aliphatic carbocycles. The van der Waals surface area contributed by atoms with Crippen LogP contribution in [0.25, 0.3) is 0 Å². The molecule has 4 aliphatic rings. The Morgan fingerprint density at radius 3 is 2.62 bits per heavy atom. The van der Waals surface area contributed by atoms with Gasteiger partial charge >= 0.3 is 0 Å². The number of aliphatic hydroxyl groups excluding tert-OH is 2. The molecular weight excluding hydrogens is 300 g/mol. The van der Waals surface area contributed by atoms with Gasteiger partial charge in [0.25, 0.3) is 0 Å². The van der Waals surface area contributed by atoms with Gasteiger partial charge in [-0.15, -0.1) is 0 Å². The van der Waals surface area contributed by atoms with Crippen molar-refractivity contribution in [3.63, 3.8) is 0 Å². The summed E-state index contributed by atoms with van der Waals surface area (Å²) in [6.45, 7) is 4.32. The standard InChI is InChI=1S/C21H30O3/c1-20-9-7-14(23)11-13(20)3-4-15-16-5-6-18(19(24)12-22)21(16,2)10-8-17(15)20/h3,6,14-17,22-23H,4-5,7-12H2,1-2H3/t14?,15-,16-,17-,20-,21-/m0/s1. The fourth-order valence-corrected chi connectivity index (χ4v) is 6.73. The number of allylic oxidation sites excluding steroid dienone is 2. The highest BCUT2D eigenvalue weighted by molar-refractivity contribution is 5.98. The summed E-state index contributed by atoms with van der Waals surface area (Å²) in [5.41, 5.74) is 2.58. The molecule has 3 nitrogen and oxygen atoms in total. The van der Waals surface area contributed by atoms with Crippen molar-refractivity contribution in [3.05, 3.63) is 23.3 Å². The molecule has 0 aromatic heterocycles. The summed E-state index contributed by atoms with van der Waals surface area (Å²) in [6, 6.07) is 0. The van der Waals surface area contributed by atoms with E-state index in [9.17, 15) is 15.0 Å². The molecule has 2 saturated carbocycles. The molecule has 6 atom stereocenters. The van der Waals surface area contributed by atoms with Gasteiger partial charge in [-0.05, 0) is 79.1 Å². The van der Waals surface area contributed by atoms with E-state index in [0.29, 0.717) is 17.8 Å². The van der Waals surface area contributed by atoms with Crippen LogP contribution in [0.4, 0.5) is 0 Å². The average Bonchev–Trinajstić information content (AvgIpc) is 2.92. The first-order valence-corrected chi connectivity index (χ1v) is 9.62. The summed E-state index contributed by atoms with van der Waals surface area (Å²) in [4.78, 5) is 12.2. The minimum atomic E-state index is -0.359. The van der Waals surface area contributed by atoms with E-state index in [-0.39, 0.29) is 29.3 Å². The Balaban J connectivity index is 1.65. The maximum atomic E-state index is 12.2. The third-order valence-electron chi connectivity index (χ3n) is 8.10. The first-order valence-electron chi connectivity index (χ1n) is 9.62. The number of hydrogen-bond acceptors (Lipinski definition) is 3. The highest BCUT2D eigenvalue weighted by Crippen LogP contribution is 2.64. The summed E-state index contributed by atoms with van der Waals surface area (Å²) in [5.74, 6) is 1.77. The van der Waals surface area contributed by atoms with Crippen LogP contribution in [0.15, 0.2) is 23.3 Å². The predicted molar refractivity (Wildman–Crippen MR) is 93.3 cm³/mol. The zero-order valence-corrected chi connectivity index (χ0v) is 14.9. The van der Waals surface area contributed by atoms with Gasteiger partial charge in [-0.25, -0.2) is 0 Å². The lowest BCUT2D eigenvalue weighted by Crippen LogP contribution is -2.50. The number of rotatable bonds is 2. The number of hydrogen-bond donors (Lipinski definition) is 2. The second-order valence-electron chi connectivity index (χ2n) is 9.05. The molecule has 0 bridgehead atoms. The van der Waals surface area contributed by atoms with Crippen LogP contribution in [-0.2, 0) is 4.79 Å².